The minimum absolute atomic E-state index is 0. The maximum atomic E-state index is 10.5. The summed E-state index contributed by atoms with van der Waals surface area (Å²) in [4.78, 5) is 17.4. The van der Waals surface area contributed by atoms with Gasteiger partial charge in [0.1, 0.15) is 0 Å². The largest absolute Gasteiger partial charge is 0.481 e. The number of nitrogens with zero attached hydrogens (tertiary/aromatic N) is 2. The van der Waals surface area contributed by atoms with Crippen molar-refractivity contribution in [3.63, 3.8) is 0 Å². The third-order valence-corrected chi connectivity index (χ3v) is 5.66. The van der Waals surface area contributed by atoms with Gasteiger partial charge in [-0.1, -0.05) is 70.4 Å². The van der Waals surface area contributed by atoms with E-state index >= 15 is 0 Å². The number of hydrogen-bond acceptors (Lipinski definition) is 4. The number of allylic oxidation sites excluding steroid dienone is 2. The van der Waals surface area contributed by atoms with Gasteiger partial charge in [-0.2, -0.15) is 0 Å². The first-order chi connectivity index (χ1) is 14.7. The fourth-order valence-corrected chi connectivity index (χ4v) is 3.80. The van der Waals surface area contributed by atoms with Crippen molar-refractivity contribution in [1.82, 2.24) is 4.90 Å². The van der Waals surface area contributed by atoms with Gasteiger partial charge >= 0.3 is 5.97 Å². The van der Waals surface area contributed by atoms with Crippen molar-refractivity contribution in [2.75, 3.05) is 32.8 Å². The molecule has 0 fully saturated rings. The molecule has 0 saturated carbocycles. The molecular weight excluding hydrogens is 415 g/mol. The Kier molecular flexibility index (Phi) is 23.6. The Morgan fingerprint density at radius 3 is 2.23 bits per heavy atom. The molecule has 31 heavy (non-hydrogen) atoms. The minimum Gasteiger partial charge on any atom is -0.481 e. The summed E-state index contributed by atoms with van der Waals surface area (Å²) in [6.45, 7) is 5.83. The van der Waals surface area contributed by atoms with E-state index in [4.69, 9.17) is 9.84 Å². The predicted octanol–water partition coefficient (Wildman–Crippen LogP) is 5.85. The zero-order chi connectivity index (χ0) is 21.7. The smallest absolute Gasteiger partial charge is 0.305 e. The fraction of sp³-hybridized carbons (Fsp3) is 0.840. The van der Waals surface area contributed by atoms with Crippen LogP contribution < -0.4 is 0 Å². The molecule has 1 heterocycles. The standard InChI is InChI=1S/C25H46N2O3.K/c1-2-3-4-5-6-7-8-9-10-11-12-13-14-15-16-17-24-26-19-20-27(24)21-23-30-22-18-25(28)29;/h9-10H,2-8,11-23H2,1H3,(H,28,29);. The molecule has 0 amide bonds. The van der Waals surface area contributed by atoms with E-state index in [1.807, 2.05) is 0 Å². The molecule has 0 aromatic rings. The number of hydrogen-bond donors (Lipinski definition) is 1. The van der Waals surface area contributed by atoms with Gasteiger partial charge in [0.25, 0.3) is 0 Å². The second-order valence-electron chi connectivity index (χ2n) is 8.38. The summed E-state index contributed by atoms with van der Waals surface area (Å²) in [6, 6.07) is 0. The summed E-state index contributed by atoms with van der Waals surface area (Å²) in [7, 11) is 0. The zero-order valence-electron chi connectivity index (χ0n) is 20.5. The second-order valence-corrected chi connectivity index (χ2v) is 8.38. The third-order valence-electron chi connectivity index (χ3n) is 5.66. The average molecular weight is 462 g/mol. The predicted molar refractivity (Wildman–Crippen MR) is 132 cm³/mol. The molecule has 0 bridgehead atoms. The van der Waals surface area contributed by atoms with Gasteiger partial charge in [0.2, 0.25) is 0 Å². The van der Waals surface area contributed by atoms with Gasteiger partial charge in [-0.15, -0.1) is 0 Å². The number of carboxylic acids is 1. The number of unbranched alkanes of at least 4 members (excludes halogenated alkanes) is 11. The van der Waals surface area contributed by atoms with E-state index in [0.717, 1.165) is 26.1 Å². The summed E-state index contributed by atoms with van der Waals surface area (Å²) in [6.07, 6.45) is 23.2. The topological polar surface area (TPSA) is 62.1 Å². The normalized spacial score (nSPS) is 13.6. The number of amidine groups is 1. The quantitative estimate of drug-likeness (QED) is 0.132. The SMILES string of the molecule is CCCCCCCCC=CCCCCCCCC1=NCCN1CCOCCC(=O)O.[K]. The summed E-state index contributed by atoms with van der Waals surface area (Å²) in [5.74, 6) is 0.414. The summed E-state index contributed by atoms with van der Waals surface area (Å²) >= 11 is 0. The van der Waals surface area contributed by atoms with Crippen molar-refractivity contribution in [2.24, 2.45) is 4.99 Å². The molecule has 1 aliphatic heterocycles. The molecule has 1 aliphatic rings. The van der Waals surface area contributed by atoms with Gasteiger partial charge in [0, 0.05) is 70.9 Å². The minimum atomic E-state index is -0.803. The fourth-order valence-electron chi connectivity index (χ4n) is 3.80. The van der Waals surface area contributed by atoms with E-state index in [1.165, 1.54) is 89.3 Å². The van der Waals surface area contributed by atoms with Gasteiger partial charge in [-0.25, -0.2) is 0 Å². The average Bonchev–Trinajstić information content (AvgIpc) is 3.17. The monoisotopic (exact) mass is 461 g/mol. The summed E-state index contributed by atoms with van der Waals surface area (Å²) in [5.41, 5.74) is 0. The van der Waals surface area contributed by atoms with Gasteiger partial charge < -0.3 is 14.7 Å². The Balaban J connectivity index is 0.00000900. The number of carbonyl (C=O) groups is 1. The molecular formula is C25H46KN2O3. The first-order valence-electron chi connectivity index (χ1n) is 12.5. The number of ether oxygens (including phenoxy) is 1. The van der Waals surface area contributed by atoms with E-state index in [9.17, 15) is 4.79 Å². The van der Waals surface area contributed by atoms with Crippen LogP contribution in [0, 0.1) is 0 Å². The Bertz CT molecular complexity index is 483. The van der Waals surface area contributed by atoms with Crippen LogP contribution in [0.3, 0.4) is 0 Å². The van der Waals surface area contributed by atoms with Crippen LogP contribution in [0.2, 0.25) is 0 Å². The molecule has 1 radical (unpaired) electrons. The van der Waals surface area contributed by atoms with Crippen LogP contribution in [-0.2, 0) is 9.53 Å². The molecule has 0 atom stereocenters. The molecule has 5 nitrogen and oxygen atoms in total. The number of aliphatic carboxylic acids is 1. The van der Waals surface area contributed by atoms with Crippen LogP contribution in [0.4, 0.5) is 0 Å². The van der Waals surface area contributed by atoms with Crippen LogP contribution in [0.1, 0.15) is 103 Å². The van der Waals surface area contributed by atoms with Crippen molar-refractivity contribution in [3.8, 4) is 0 Å². The number of carboxylic acid groups (broad SMARTS) is 1. The van der Waals surface area contributed by atoms with Crippen molar-refractivity contribution < 1.29 is 14.6 Å². The van der Waals surface area contributed by atoms with E-state index in [-0.39, 0.29) is 57.8 Å². The molecule has 0 aromatic heterocycles. The van der Waals surface area contributed by atoms with E-state index in [0.29, 0.717) is 13.2 Å². The van der Waals surface area contributed by atoms with Crippen LogP contribution in [0.5, 0.6) is 0 Å². The van der Waals surface area contributed by atoms with Crippen LogP contribution >= 0.6 is 0 Å². The van der Waals surface area contributed by atoms with Crippen molar-refractivity contribution in [1.29, 1.82) is 0 Å². The molecule has 175 valence electrons. The molecule has 0 unspecified atom stereocenters. The van der Waals surface area contributed by atoms with Crippen LogP contribution in [-0.4, -0.2) is 106 Å². The number of rotatable bonds is 21. The van der Waals surface area contributed by atoms with Crippen molar-refractivity contribution >= 4 is 63.2 Å². The van der Waals surface area contributed by atoms with Crippen LogP contribution in [0.15, 0.2) is 17.1 Å². The first-order valence-corrected chi connectivity index (χ1v) is 12.5. The number of aliphatic imine (C=N–C) groups is 1. The van der Waals surface area contributed by atoms with Gasteiger partial charge in [0.15, 0.2) is 0 Å². The van der Waals surface area contributed by atoms with E-state index < -0.39 is 5.97 Å². The third kappa shape index (κ3) is 19.5. The van der Waals surface area contributed by atoms with Gasteiger partial charge in [-0.05, 0) is 32.1 Å². The molecule has 0 spiro atoms. The zero-order valence-corrected chi connectivity index (χ0v) is 23.6. The summed E-state index contributed by atoms with van der Waals surface area (Å²) < 4.78 is 5.40. The molecule has 0 saturated heterocycles. The second kappa shape index (κ2) is 23.4. The Morgan fingerprint density at radius 2 is 1.58 bits per heavy atom. The molecule has 0 aliphatic carbocycles. The van der Waals surface area contributed by atoms with E-state index in [2.05, 4.69) is 29.0 Å². The Hall–Kier alpha value is 0.276. The maximum Gasteiger partial charge on any atom is 0.305 e. The van der Waals surface area contributed by atoms with Gasteiger partial charge in [-0.3, -0.25) is 9.79 Å². The molecule has 1 rings (SSSR count). The van der Waals surface area contributed by atoms with Crippen molar-refractivity contribution in [2.45, 2.75) is 103 Å². The van der Waals surface area contributed by atoms with Gasteiger partial charge in [0.05, 0.1) is 32.0 Å². The van der Waals surface area contributed by atoms with Crippen molar-refractivity contribution in [3.05, 3.63) is 12.2 Å². The van der Waals surface area contributed by atoms with E-state index in [1.54, 1.807) is 0 Å². The molecule has 6 heteroatoms. The van der Waals surface area contributed by atoms with Crippen LogP contribution in [0.25, 0.3) is 0 Å². The molecule has 0 aromatic carbocycles. The maximum absolute atomic E-state index is 10.5. The Labute approximate surface area is 233 Å². The Morgan fingerprint density at radius 1 is 0.968 bits per heavy atom. The summed E-state index contributed by atoms with van der Waals surface area (Å²) in [5, 5.41) is 8.62. The molecule has 1 N–H and O–H groups in total. The first kappa shape index (κ1) is 31.3.